The van der Waals surface area contributed by atoms with E-state index in [2.05, 4.69) is 42.3 Å². The van der Waals surface area contributed by atoms with E-state index in [0.29, 0.717) is 5.92 Å². The molecule has 18 heavy (non-hydrogen) atoms. The van der Waals surface area contributed by atoms with Crippen molar-refractivity contribution in [1.29, 1.82) is 0 Å². The first-order valence-corrected chi connectivity index (χ1v) is 6.81. The molecule has 94 valence electrons. The number of benzene rings is 1. The second kappa shape index (κ2) is 4.69. The van der Waals surface area contributed by atoms with E-state index in [1.54, 1.807) is 0 Å². The fourth-order valence-electron chi connectivity index (χ4n) is 2.97. The molecule has 2 heteroatoms. The molecule has 0 amide bonds. The van der Waals surface area contributed by atoms with Crippen LogP contribution in [0.25, 0.3) is 10.9 Å². The third-order valence-electron chi connectivity index (χ3n) is 3.83. The zero-order valence-corrected chi connectivity index (χ0v) is 11.2. The number of piperidine rings is 1. The lowest BCUT2D eigenvalue weighted by Crippen LogP contribution is -2.28. The second-order valence-electron chi connectivity index (χ2n) is 5.48. The number of nitrogens with one attached hydrogen (secondary N) is 1. The molecule has 2 heterocycles. The molecule has 1 aromatic heterocycles. The number of pyridine rings is 1. The molecule has 2 nitrogen and oxygen atoms in total. The summed E-state index contributed by atoms with van der Waals surface area (Å²) in [6.07, 6.45) is 4.53. The lowest BCUT2D eigenvalue weighted by molar-refractivity contribution is 0.463. The zero-order valence-electron chi connectivity index (χ0n) is 11.2. The van der Waals surface area contributed by atoms with E-state index in [1.807, 2.05) is 6.20 Å². The van der Waals surface area contributed by atoms with Gasteiger partial charge in [-0.25, -0.2) is 0 Å². The Balaban J connectivity index is 2.14. The van der Waals surface area contributed by atoms with Gasteiger partial charge in [0, 0.05) is 18.1 Å². The summed E-state index contributed by atoms with van der Waals surface area (Å²) in [5, 5.41) is 4.79. The van der Waals surface area contributed by atoms with Gasteiger partial charge >= 0.3 is 0 Å². The fraction of sp³-hybridized carbons (Fsp3) is 0.438. The number of hydrogen-bond donors (Lipinski definition) is 1. The predicted molar refractivity (Wildman–Crippen MR) is 76.1 cm³/mol. The van der Waals surface area contributed by atoms with Gasteiger partial charge in [0.05, 0.1) is 5.52 Å². The van der Waals surface area contributed by atoms with Crippen molar-refractivity contribution in [2.75, 3.05) is 13.1 Å². The molecule has 0 unspecified atom stereocenters. The summed E-state index contributed by atoms with van der Waals surface area (Å²) in [6, 6.07) is 6.81. The van der Waals surface area contributed by atoms with Crippen LogP contribution in [0.3, 0.4) is 0 Å². The molecule has 3 rings (SSSR count). The van der Waals surface area contributed by atoms with Crippen molar-refractivity contribution in [1.82, 2.24) is 10.3 Å². The molecule has 1 aliphatic heterocycles. The van der Waals surface area contributed by atoms with E-state index in [-0.39, 0.29) is 0 Å². The number of hydrogen-bond acceptors (Lipinski definition) is 2. The number of aryl methyl sites for hydroxylation is 2. The largest absolute Gasteiger partial charge is 0.316 e. The van der Waals surface area contributed by atoms with Gasteiger partial charge in [0.15, 0.2) is 0 Å². The van der Waals surface area contributed by atoms with Crippen LogP contribution in [-0.2, 0) is 0 Å². The Kier molecular flexibility index (Phi) is 3.04. The minimum absolute atomic E-state index is 0.622. The lowest BCUT2D eigenvalue weighted by Gasteiger charge is -2.24. The molecule has 0 spiro atoms. The first kappa shape index (κ1) is 11.7. The molecular weight excluding hydrogens is 220 g/mol. The van der Waals surface area contributed by atoms with E-state index in [1.165, 1.54) is 40.4 Å². The monoisotopic (exact) mass is 240 g/mol. The normalized spacial score (nSPS) is 20.2. The van der Waals surface area contributed by atoms with Crippen LogP contribution in [0.15, 0.2) is 24.4 Å². The Labute approximate surface area is 108 Å². The Morgan fingerprint density at radius 3 is 2.78 bits per heavy atom. The minimum Gasteiger partial charge on any atom is -0.316 e. The zero-order chi connectivity index (χ0) is 12.5. The summed E-state index contributed by atoms with van der Waals surface area (Å²) < 4.78 is 0. The maximum Gasteiger partial charge on any atom is 0.0737 e. The van der Waals surface area contributed by atoms with Gasteiger partial charge < -0.3 is 5.32 Å². The summed E-state index contributed by atoms with van der Waals surface area (Å²) in [4.78, 5) is 4.67. The number of aromatic nitrogens is 1. The highest BCUT2D eigenvalue weighted by atomic mass is 14.9. The van der Waals surface area contributed by atoms with E-state index in [4.69, 9.17) is 0 Å². The molecule has 1 fully saturated rings. The van der Waals surface area contributed by atoms with Crippen molar-refractivity contribution >= 4 is 10.9 Å². The van der Waals surface area contributed by atoms with Crippen molar-refractivity contribution < 1.29 is 0 Å². The smallest absolute Gasteiger partial charge is 0.0737 e. The van der Waals surface area contributed by atoms with E-state index < -0.39 is 0 Å². The Morgan fingerprint density at radius 1 is 1.17 bits per heavy atom. The molecule has 0 radical (unpaired) electrons. The highest BCUT2D eigenvalue weighted by Gasteiger charge is 2.18. The van der Waals surface area contributed by atoms with Crippen LogP contribution in [0.5, 0.6) is 0 Å². The van der Waals surface area contributed by atoms with Crippen LogP contribution >= 0.6 is 0 Å². The van der Waals surface area contributed by atoms with Gasteiger partial charge in [-0.3, -0.25) is 4.98 Å². The molecule has 1 aliphatic rings. The number of rotatable bonds is 1. The molecule has 2 aromatic rings. The Morgan fingerprint density at radius 2 is 2.00 bits per heavy atom. The van der Waals surface area contributed by atoms with Crippen LogP contribution in [-0.4, -0.2) is 18.1 Å². The highest BCUT2D eigenvalue weighted by Crippen LogP contribution is 2.30. The Hall–Kier alpha value is -1.41. The average molecular weight is 240 g/mol. The molecule has 1 saturated heterocycles. The maximum absolute atomic E-state index is 4.67. The van der Waals surface area contributed by atoms with E-state index in [9.17, 15) is 0 Å². The topological polar surface area (TPSA) is 24.9 Å². The SMILES string of the molecule is Cc1cnc2c([C@H]3CCCNC3)cc(C)cc2c1. The third kappa shape index (κ3) is 2.13. The minimum atomic E-state index is 0.622. The fourth-order valence-corrected chi connectivity index (χ4v) is 2.97. The van der Waals surface area contributed by atoms with Crippen molar-refractivity contribution in [2.24, 2.45) is 0 Å². The second-order valence-corrected chi connectivity index (χ2v) is 5.48. The summed E-state index contributed by atoms with van der Waals surface area (Å²) >= 11 is 0. The van der Waals surface area contributed by atoms with Gasteiger partial charge in [-0.15, -0.1) is 0 Å². The predicted octanol–water partition coefficient (Wildman–Crippen LogP) is 3.32. The van der Waals surface area contributed by atoms with Crippen molar-refractivity contribution in [3.8, 4) is 0 Å². The van der Waals surface area contributed by atoms with Gasteiger partial charge in [0.1, 0.15) is 0 Å². The number of fused-ring (bicyclic) bond motifs is 1. The summed E-state index contributed by atoms with van der Waals surface area (Å²) in [5.41, 5.74) is 5.20. The summed E-state index contributed by atoms with van der Waals surface area (Å²) in [7, 11) is 0. The van der Waals surface area contributed by atoms with Crippen molar-refractivity contribution in [3.05, 3.63) is 41.1 Å². The molecule has 1 atom stereocenters. The third-order valence-corrected chi connectivity index (χ3v) is 3.83. The first-order valence-electron chi connectivity index (χ1n) is 6.81. The van der Waals surface area contributed by atoms with E-state index in [0.717, 1.165) is 13.1 Å². The lowest BCUT2D eigenvalue weighted by atomic mass is 9.88. The Bertz CT molecular complexity index is 563. The van der Waals surface area contributed by atoms with Gasteiger partial charge in [0.25, 0.3) is 0 Å². The molecule has 0 aliphatic carbocycles. The first-order chi connectivity index (χ1) is 8.74. The standard InChI is InChI=1S/C16H20N2/c1-11-6-14-7-12(2)9-18-16(14)15(8-11)13-4-3-5-17-10-13/h6-9,13,17H,3-5,10H2,1-2H3/t13-/m0/s1. The summed E-state index contributed by atoms with van der Waals surface area (Å²) in [6.45, 7) is 6.54. The molecule has 0 bridgehead atoms. The molecule has 0 saturated carbocycles. The molecular formula is C16H20N2. The van der Waals surface area contributed by atoms with Gasteiger partial charge in [-0.05, 0) is 62.4 Å². The molecule has 1 aromatic carbocycles. The quantitative estimate of drug-likeness (QED) is 0.827. The van der Waals surface area contributed by atoms with Gasteiger partial charge in [-0.2, -0.15) is 0 Å². The van der Waals surface area contributed by atoms with Crippen molar-refractivity contribution in [2.45, 2.75) is 32.6 Å². The van der Waals surface area contributed by atoms with Crippen LogP contribution < -0.4 is 5.32 Å². The highest BCUT2D eigenvalue weighted by molar-refractivity contribution is 5.83. The summed E-state index contributed by atoms with van der Waals surface area (Å²) in [5.74, 6) is 0.622. The van der Waals surface area contributed by atoms with Crippen molar-refractivity contribution in [3.63, 3.8) is 0 Å². The van der Waals surface area contributed by atoms with Crippen LogP contribution in [0.4, 0.5) is 0 Å². The average Bonchev–Trinajstić information content (AvgIpc) is 2.38. The number of nitrogens with zero attached hydrogens (tertiary/aromatic N) is 1. The van der Waals surface area contributed by atoms with Crippen LogP contribution in [0, 0.1) is 13.8 Å². The van der Waals surface area contributed by atoms with Gasteiger partial charge in [-0.1, -0.05) is 11.6 Å². The molecule has 1 N–H and O–H groups in total. The maximum atomic E-state index is 4.67. The van der Waals surface area contributed by atoms with E-state index >= 15 is 0 Å². The van der Waals surface area contributed by atoms with Gasteiger partial charge in [0.2, 0.25) is 0 Å². The van der Waals surface area contributed by atoms with Crippen LogP contribution in [0.2, 0.25) is 0 Å². The van der Waals surface area contributed by atoms with Crippen LogP contribution in [0.1, 0.15) is 35.4 Å².